The Labute approximate surface area is 169 Å². The Bertz CT molecular complexity index is 1130. The Morgan fingerprint density at radius 3 is 2.43 bits per heavy atom. The molecule has 3 rings (SSSR count). The predicted molar refractivity (Wildman–Crippen MR) is 107 cm³/mol. The first kappa shape index (κ1) is 20.8. The highest BCUT2D eigenvalue weighted by Gasteiger charge is 2.31. The standard InChI is InChI=1S/C21H17F3N4O2/c1-11-15(19(26)29)9-16(18(25)17(11)13-5-3-7-27-10-13)28-20(30)12-4-2-6-14(8-12)21(22,23)24/h2-10H,25H2,1H3,(H2,26,29)(H,28,30). The van der Waals surface area contributed by atoms with Gasteiger partial charge in [0.15, 0.2) is 0 Å². The number of benzene rings is 2. The summed E-state index contributed by atoms with van der Waals surface area (Å²) in [4.78, 5) is 28.5. The number of anilines is 2. The van der Waals surface area contributed by atoms with Gasteiger partial charge in [-0.2, -0.15) is 13.2 Å². The molecule has 3 aromatic rings. The first-order chi connectivity index (χ1) is 14.1. The molecule has 0 saturated carbocycles. The Morgan fingerprint density at radius 2 is 1.83 bits per heavy atom. The van der Waals surface area contributed by atoms with Crippen molar-refractivity contribution in [2.75, 3.05) is 11.1 Å². The number of halogens is 3. The number of nitrogens with one attached hydrogen (secondary N) is 1. The van der Waals surface area contributed by atoms with E-state index in [1.807, 2.05) is 0 Å². The minimum Gasteiger partial charge on any atom is -0.397 e. The maximum Gasteiger partial charge on any atom is 0.416 e. The lowest BCUT2D eigenvalue weighted by Crippen LogP contribution is -2.18. The Kier molecular flexibility index (Phi) is 5.46. The molecule has 1 aromatic heterocycles. The zero-order valence-corrected chi connectivity index (χ0v) is 15.7. The highest BCUT2D eigenvalue weighted by molar-refractivity contribution is 6.09. The SMILES string of the molecule is Cc1c(C(N)=O)cc(NC(=O)c2cccc(C(F)(F)F)c2)c(N)c1-c1cccnc1. The Hall–Kier alpha value is -3.88. The van der Waals surface area contributed by atoms with Gasteiger partial charge in [-0.25, -0.2) is 0 Å². The topological polar surface area (TPSA) is 111 Å². The van der Waals surface area contributed by atoms with Gasteiger partial charge in [-0.05, 0) is 42.8 Å². The molecular formula is C21H17F3N4O2. The average molecular weight is 414 g/mol. The molecular weight excluding hydrogens is 397 g/mol. The van der Waals surface area contributed by atoms with E-state index in [1.165, 1.54) is 18.3 Å². The number of nitrogens with zero attached hydrogens (tertiary/aromatic N) is 1. The number of primary amides is 1. The molecule has 0 unspecified atom stereocenters. The molecule has 2 amide bonds. The van der Waals surface area contributed by atoms with Crippen LogP contribution in [0.25, 0.3) is 11.1 Å². The lowest BCUT2D eigenvalue weighted by atomic mass is 9.94. The van der Waals surface area contributed by atoms with Crippen molar-refractivity contribution in [3.63, 3.8) is 0 Å². The molecule has 0 aliphatic carbocycles. The van der Waals surface area contributed by atoms with Gasteiger partial charge in [0.1, 0.15) is 0 Å². The van der Waals surface area contributed by atoms with Crippen molar-refractivity contribution in [2.24, 2.45) is 5.73 Å². The summed E-state index contributed by atoms with van der Waals surface area (Å²) in [6.07, 6.45) is -1.50. The number of aromatic nitrogens is 1. The molecule has 154 valence electrons. The van der Waals surface area contributed by atoms with Crippen LogP contribution in [0.15, 0.2) is 54.9 Å². The van der Waals surface area contributed by atoms with Crippen LogP contribution in [0.2, 0.25) is 0 Å². The third-order valence-electron chi connectivity index (χ3n) is 4.54. The fraction of sp³-hybridized carbons (Fsp3) is 0.0952. The van der Waals surface area contributed by atoms with Crippen LogP contribution in [0, 0.1) is 6.92 Å². The van der Waals surface area contributed by atoms with E-state index in [2.05, 4.69) is 10.3 Å². The van der Waals surface area contributed by atoms with Crippen molar-refractivity contribution in [2.45, 2.75) is 13.1 Å². The fourth-order valence-corrected chi connectivity index (χ4v) is 3.07. The molecule has 0 aliphatic heterocycles. The molecule has 2 aromatic carbocycles. The molecule has 6 nitrogen and oxygen atoms in total. The number of hydrogen-bond donors (Lipinski definition) is 3. The lowest BCUT2D eigenvalue weighted by molar-refractivity contribution is -0.137. The van der Waals surface area contributed by atoms with Crippen molar-refractivity contribution in [1.29, 1.82) is 0 Å². The second-order valence-electron chi connectivity index (χ2n) is 6.52. The summed E-state index contributed by atoms with van der Waals surface area (Å²) >= 11 is 0. The number of alkyl halides is 3. The van der Waals surface area contributed by atoms with Crippen LogP contribution in [0.1, 0.15) is 31.8 Å². The minimum absolute atomic E-state index is 0.0515. The highest BCUT2D eigenvalue weighted by Crippen LogP contribution is 2.37. The minimum atomic E-state index is -4.59. The third kappa shape index (κ3) is 4.09. The normalized spacial score (nSPS) is 11.2. The molecule has 9 heteroatoms. The largest absolute Gasteiger partial charge is 0.416 e. The molecule has 0 fully saturated rings. The van der Waals surface area contributed by atoms with Crippen LogP contribution in [0.3, 0.4) is 0 Å². The molecule has 0 aliphatic rings. The van der Waals surface area contributed by atoms with Gasteiger partial charge in [0.05, 0.1) is 16.9 Å². The summed E-state index contributed by atoms with van der Waals surface area (Å²) < 4.78 is 38.8. The van der Waals surface area contributed by atoms with E-state index in [0.29, 0.717) is 16.7 Å². The molecule has 30 heavy (non-hydrogen) atoms. The van der Waals surface area contributed by atoms with Crippen molar-refractivity contribution in [3.8, 4) is 11.1 Å². The number of rotatable bonds is 4. The van der Waals surface area contributed by atoms with Gasteiger partial charge in [0, 0.05) is 34.6 Å². The van der Waals surface area contributed by atoms with E-state index >= 15 is 0 Å². The third-order valence-corrected chi connectivity index (χ3v) is 4.54. The molecule has 1 heterocycles. The molecule has 0 spiro atoms. The van der Waals surface area contributed by atoms with Gasteiger partial charge in [0.25, 0.3) is 5.91 Å². The van der Waals surface area contributed by atoms with Crippen LogP contribution in [0.4, 0.5) is 24.5 Å². The summed E-state index contributed by atoms with van der Waals surface area (Å²) in [6.45, 7) is 1.65. The molecule has 0 bridgehead atoms. The second kappa shape index (κ2) is 7.86. The maximum atomic E-state index is 12.9. The number of pyridine rings is 1. The first-order valence-electron chi connectivity index (χ1n) is 8.71. The number of hydrogen-bond acceptors (Lipinski definition) is 4. The summed E-state index contributed by atoms with van der Waals surface area (Å²) in [7, 11) is 0. The van der Waals surface area contributed by atoms with E-state index in [0.717, 1.165) is 18.2 Å². The van der Waals surface area contributed by atoms with E-state index in [-0.39, 0.29) is 22.5 Å². The molecule has 0 atom stereocenters. The number of carbonyl (C=O) groups excluding carboxylic acids is 2. The smallest absolute Gasteiger partial charge is 0.397 e. The second-order valence-corrected chi connectivity index (χ2v) is 6.52. The van der Waals surface area contributed by atoms with Crippen LogP contribution < -0.4 is 16.8 Å². The highest BCUT2D eigenvalue weighted by atomic mass is 19.4. The van der Waals surface area contributed by atoms with Gasteiger partial charge < -0.3 is 16.8 Å². The summed E-state index contributed by atoms with van der Waals surface area (Å²) in [5, 5.41) is 2.48. The van der Waals surface area contributed by atoms with E-state index in [4.69, 9.17) is 11.5 Å². The zero-order valence-electron chi connectivity index (χ0n) is 15.7. The number of amides is 2. The summed E-state index contributed by atoms with van der Waals surface area (Å²) in [6, 6.07) is 8.66. The molecule has 0 radical (unpaired) electrons. The van der Waals surface area contributed by atoms with Crippen LogP contribution >= 0.6 is 0 Å². The van der Waals surface area contributed by atoms with Crippen molar-refractivity contribution in [1.82, 2.24) is 4.98 Å². The van der Waals surface area contributed by atoms with Gasteiger partial charge in [-0.3, -0.25) is 14.6 Å². The van der Waals surface area contributed by atoms with Crippen molar-refractivity contribution >= 4 is 23.2 Å². The molecule has 5 N–H and O–H groups in total. The van der Waals surface area contributed by atoms with Crippen LogP contribution in [-0.4, -0.2) is 16.8 Å². The van der Waals surface area contributed by atoms with Crippen LogP contribution in [-0.2, 0) is 6.18 Å². The van der Waals surface area contributed by atoms with Gasteiger partial charge in [-0.15, -0.1) is 0 Å². The predicted octanol–water partition coefficient (Wildman–Crippen LogP) is 4.01. The van der Waals surface area contributed by atoms with Crippen LogP contribution in [0.5, 0.6) is 0 Å². The number of carbonyl (C=O) groups is 2. The van der Waals surface area contributed by atoms with Gasteiger partial charge in [-0.1, -0.05) is 12.1 Å². The quantitative estimate of drug-likeness (QED) is 0.560. The number of nitrogens with two attached hydrogens (primary N) is 2. The Balaban J connectivity index is 2.08. The van der Waals surface area contributed by atoms with E-state index in [1.54, 1.807) is 25.3 Å². The van der Waals surface area contributed by atoms with Gasteiger partial charge in [0.2, 0.25) is 5.91 Å². The average Bonchev–Trinajstić information content (AvgIpc) is 2.70. The Morgan fingerprint density at radius 1 is 1.10 bits per heavy atom. The van der Waals surface area contributed by atoms with Crippen molar-refractivity contribution in [3.05, 3.63) is 77.1 Å². The molecule has 0 saturated heterocycles. The first-order valence-corrected chi connectivity index (χ1v) is 8.71. The number of nitrogen functional groups attached to an aromatic ring is 1. The lowest BCUT2D eigenvalue weighted by Gasteiger charge is -2.18. The van der Waals surface area contributed by atoms with E-state index < -0.39 is 23.6 Å². The summed E-state index contributed by atoms with van der Waals surface area (Å²) in [5.41, 5.74) is 12.3. The zero-order chi connectivity index (χ0) is 22.1. The monoisotopic (exact) mass is 414 g/mol. The van der Waals surface area contributed by atoms with Gasteiger partial charge >= 0.3 is 6.18 Å². The van der Waals surface area contributed by atoms with Crippen molar-refractivity contribution < 1.29 is 22.8 Å². The summed E-state index contributed by atoms with van der Waals surface area (Å²) in [5.74, 6) is -1.56. The van der Waals surface area contributed by atoms with E-state index in [9.17, 15) is 22.8 Å². The fourth-order valence-electron chi connectivity index (χ4n) is 3.07. The maximum absolute atomic E-state index is 12.9.